The van der Waals surface area contributed by atoms with E-state index < -0.39 is 0 Å². The third-order valence-corrected chi connectivity index (χ3v) is 4.04. The molecule has 104 valence electrons. The van der Waals surface area contributed by atoms with Crippen LogP contribution in [-0.2, 0) is 0 Å². The zero-order valence-electron chi connectivity index (χ0n) is 10.8. The van der Waals surface area contributed by atoms with Crippen LogP contribution in [0.1, 0.15) is 10.4 Å². The number of nitrogens with one attached hydrogen (secondary N) is 1. The Labute approximate surface area is 127 Å². The summed E-state index contributed by atoms with van der Waals surface area (Å²) in [5.41, 5.74) is 6.52. The lowest BCUT2D eigenvalue weighted by Gasteiger charge is -2.08. The van der Waals surface area contributed by atoms with Crippen molar-refractivity contribution in [1.29, 1.82) is 0 Å². The van der Waals surface area contributed by atoms with Gasteiger partial charge in [0.05, 0.1) is 16.3 Å². The van der Waals surface area contributed by atoms with Gasteiger partial charge in [-0.15, -0.1) is 11.8 Å². The van der Waals surface area contributed by atoms with Gasteiger partial charge in [0, 0.05) is 17.2 Å². The van der Waals surface area contributed by atoms with Crippen LogP contribution in [0.25, 0.3) is 0 Å². The second kappa shape index (κ2) is 7.22. The van der Waals surface area contributed by atoms with E-state index >= 15 is 0 Å². The van der Waals surface area contributed by atoms with E-state index in [4.69, 9.17) is 17.3 Å². The highest BCUT2D eigenvalue weighted by Crippen LogP contribution is 2.22. The van der Waals surface area contributed by atoms with Gasteiger partial charge < -0.3 is 11.1 Å². The van der Waals surface area contributed by atoms with E-state index in [0.29, 0.717) is 22.8 Å². The van der Waals surface area contributed by atoms with Gasteiger partial charge in [0.15, 0.2) is 0 Å². The zero-order chi connectivity index (χ0) is 14.4. The lowest BCUT2D eigenvalue weighted by Crippen LogP contribution is -2.26. The second-order valence-electron chi connectivity index (χ2n) is 4.12. The average molecular weight is 307 g/mol. The number of rotatable bonds is 5. The van der Waals surface area contributed by atoms with E-state index in [1.54, 1.807) is 30.0 Å². The maximum absolute atomic E-state index is 12.0. The Hall–Kier alpha value is -1.65. The molecule has 0 saturated heterocycles. The number of halogens is 1. The smallest absolute Gasteiger partial charge is 0.253 e. The first-order chi connectivity index (χ1) is 9.68. The number of hydrogen-bond acceptors (Lipinski definition) is 3. The average Bonchev–Trinajstić information content (AvgIpc) is 2.47. The summed E-state index contributed by atoms with van der Waals surface area (Å²) in [5.74, 6) is 0.606. The third kappa shape index (κ3) is 3.92. The van der Waals surface area contributed by atoms with Crippen molar-refractivity contribution in [3.05, 3.63) is 59.1 Å². The summed E-state index contributed by atoms with van der Waals surface area (Å²) in [6.07, 6.45) is 0. The first-order valence-corrected chi connectivity index (χ1v) is 7.55. The summed E-state index contributed by atoms with van der Waals surface area (Å²) < 4.78 is 0. The molecule has 0 aliphatic carbocycles. The van der Waals surface area contributed by atoms with E-state index in [9.17, 15) is 4.79 Å². The van der Waals surface area contributed by atoms with E-state index in [0.717, 1.165) is 5.75 Å². The van der Waals surface area contributed by atoms with Gasteiger partial charge in [-0.25, -0.2) is 0 Å². The molecule has 2 aromatic rings. The number of carbonyl (C=O) groups excluding carboxylic acids is 1. The normalized spacial score (nSPS) is 10.2. The van der Waals surface area contributed by atoms with Crippen molar-refractivity contribution in [2.24, 2.45) is 0 Å². The molecule has 0 aliphatic rings. The Bertz CT molecular complexity index is 590. The summed E-state index contributed by atoms with van der Waals surface area (Å²) >= 11 is 7.58. The van der Waals surface area contributed by atoms with E-state index in [-0.39, 0.29) is 5.91 Å². The molecule has 20 heavy (non-hydrogen) atoms. The van der Waals surface area contributed by atoms with Crippen molar-refractivity contribution in [3.63, 3.8) is 0 Å². The lowest BCUT2D eigenvalue weighted by molar-refractivity contribution is 0.0957. The molecule has 0 bridgehead atoms. The number of hydrogen-bond donors (Lipinski definition) is 2. The summed E-state index contributed by atoms with van der Waals surface area (Å²) in [6, 6.07) is 15.1. The first-order valence-electron chi connectivity index (χ1n) is 6.18. The van der Waals surface area contributed by atoms with Crippen molar-refractivity contribution in [2.45, 2.75) is 4.90 Å². The molecule has 1 amide bonds. The summed E-state index contributed by atoms with van der Waals surface area (Å²) in [6.45, 7) is 0.574. The van der Waals surface area contributed by atoms with Gasteiger partial charge in [0.1, 0.15) is 0 Å². The minimum absolute atomic E-state index is 0.196. The molecular weight excluding hydrogens is 292 g/mol. The molecule has 0 saturated carbocycles. The predicted octanol–water partition coefficient (Wildman–Crippen LogP) is 3.44. The molecule has 0 heterocycles. The largest absolute Gasteiger partial charge is 0.397 e. The lowest BCUT2D eigenvalue weighted by atomic mass is 10.1. The first kappa shape index (κ1) is 14.8. The maximum Gasteiger partial charge on any atom is 0.253 e. The molecule has 0 spiro atoms. The zero-order valence-corrected chi connectivity index (χ0v) is 12.4. The SMILES string of the molecule is Nc1c(Cl)cccc1C(=O)NCCSc1ccccc1. The highest BCUT2D eigenvalue weighted by molar-refractivity contribution is 7.99. The van der Waals surface area contributed by atoms with Crippen LogP contribution in [0.4, 0.5) is 5.69 Å². The molecule has 0 aliphatic heterocycles. The van der Waals surface area contributed by atoms with Crippen LogP contribution in [-0.4, -0.2) is 18.2 Å². The molecule has 0 aromatic heterocycles. The number of para-hydroxylation sites is 1. The highest BCUT2D eigenvalue weighted by Gasteiger charge is 2.10. The Balaban J connectivity index is 1.82. The van der Waals surface area contributed by atoms with Crippen molar-refractivity contribution < 1.29 is 4.79 Å². The summed E-state index contributed by atoms with van der Waals surface area (Å²) in [4.78, 5) is 13.2. The molecule has 3 N–H and O–H groups in total. The van der Waals surface area contributed by atoms with Gasteiger partial charge in [-0.05, 0) is 24.3 Å². The van der Waals surface area contributed by atoms with Crippen LogP contribution in [0.2, 0.25) is 5.02 Å². The number of nitrogen functional groups attached to an aromatic ring is 1. The minimum Gasteiger partial charge on any atom is -0.397 e. The van der Waals surface area contributed by atoms with Crippen LogP contribution < -0.4 is 11.1 Å². The summed E-state index contributed by atoms with van der Waals surface area (Å²) in [5, 5.41) is 3.24. The van der Waals surface area contributed by atoms with Gasteiger partial charge in [0.25, 0.3) is 5.91 Å². The number of thioether (sulfide) groups is 1. The Morgan fingerprint density at radius 1 is 1.15 bits per heavy atom. The van der Waals surface area contributed by atoms with Crippen LogP contribution in [0.3, 0.4) is 0 Å². The van der Waals surface area contributed by atoms with Gasteiger partial charge >= 0.3 is 0 Å². The van der Waals surface area contributed by atoms with Crippen LogP contribution >= 0.6 is 23.4 Å². The fourth-order valence-electron chi connectivity index (χ4n) is 1.68. The van der Waals surface area contributed by atoms with E-state index in [1.807, 2.05) is 30.3 Å². The molecule has 0 unspecified atom stereocenters. The molecule has 0 atom stereocenters. The quantitative estimate of drug-likeness (QED) is 0.505. The molecule has 3 nitrogen and oxygen atoms in total. The fourth-order valence-corrected chi connectivity index (χ4v) is 2.64. The predicted molar refractivity (Wildman–Crippen MR) is 85.4 cm³/mol. The topological polar surface area (TPSA) is 55.1 Å². The van der Waals surface area contributed by atoms with Gasteiger partial charge in [-0.3, -0.25) is 4.79 Å². The van der Waals surface area contributed by atoms with Crippen LogP contribution in [0.15, 0.2) is 53.4 Å². The fraction of sp³-hybridized carbons (Fsp3) is 0.133. The molecule has 0 radical (unpaired) electrons. The molecule has 2 aromatic carbocycles. The Morgan fingerprint density at radius 2 is 1.90 bits per heavy atom. The van der Waals surface area contributed by atoms with Crippen molar-refractivity contribution in [2.75, 3.05) is 18.0 Å². The number of nitrogens with two attached hydrogens (primary N) is 1. The van der Waals surface area contributed by atoms with Crippen molar-refractivity contribution in [1.82, 2.24) is 5.32 Å². The standard InChI is InChI=1S/C15H15ClN2OS/c16-13-8-4-7-12(14(13)17)15(19)18-9-10-20-11-5-2-1-3-6-11/h1-8H,9-10,17H2,(H,18,19). The van der Waals surface area contributed by atoms with Gasteiger partial charge in [-0.1, -0.05) is 35.9 Å². The van der Waals surface area contributed by atoms with Gasteiger partial charge in [-0.2, -0.15) is 0 Å². The van der Waals surface area contributed by atoms with Crippen LogP contribution in [0.5, 0.6) is 0 Å². The number of anilines is 1. The Morgan fingerprint density at radius 3 is 2.65 bits per heavy atom. The molecule has 5 heteroatoms. The number of amides is 1. The second-order valence-corrected chi connectivity index (χ2v) is 5.69. The van der Waals surface area contributed by atoms with Crippen molar-refractivity contribution in [3.8, 4) is 0 Å². The molecule has 2 rings (SSSR count). The van der Waals surface area contributed by atoms with Gasteiger partial charge in [0.2, 0.25) is 0 Å². The highest BCUT2D eigenvalue weighted by atomic mass is 35.5. The monoisotopic (exact) mass is 306 g/mol. The minimum atomic E-state index is -0.196. The van der Waals surface area contributed by atoms with E-state index in [2.05, 4.69) is 5.32 Å². The molecular formula is C15H15ClN2OS. The van der Waals surface area contributed by atoms with Crippen molar-refractivity contribution >= 4 is 35.0 Å². The summed E-state index contributed by atoms with van der Waals surface area (Å²) in [7, 11) is 0. The maximum atomic E-state index is 12.0. The number of benzene rings is 2. The third-order valence-electron chi connectivity index (χ3n) is 2.70. The van der Waals surface area contributed by atoms with E-state index in [1.165, 1.54) is 4.90 Å². The number of carbonyl (C=O) groups is 1. The molecule has 0 fully saturated rings. The Kier molecular flexibility index (Phi) is 5.32. The van der Waals surface area contributed by atoms with Crippen LogP contribution in [0, 0.1) is 0 Å².